The zero-order valence-electron chi connectivity index (χ0n) is 23.2. The van der Waals surface area contributed by atoms with Crippen LogP contribution in [0, 0.1) is 5.92 Å². The summed E-state index contributed by atoms with van der Waals surface area (Å²) in [5, 5.41) is 6.53. The molecular weight excluding hydrogens is 581 g/mol. The highest BCUT2D eigenvalue weighted by atomic mass is 35.5. The quantitative estimate of drug-likeness (QED) is 0.186. The van der Waals surface area contributed by atoms with Gasteiger partial charge in [0.25, 0.3) is 0 Å². The number of benzene rings is 2. The third kappa shape index (κ3) is 4.83. The lowest BCUT2D eigenvalue weighted by molar-refractivity contribution is 0.0122. The molecule has 7 nitrogen and oxygen atoms in total. The fraction of sp³-hybridized carbons (Fsp3) is 0.452. The van der Waals surface area contributed by atoms with E-state index in [1.165, 1.54) is 7.11 Å². The van der Waals surface area contributed by atoms with Crippen LogP contribution in [0.4, 0.5) is 5.13 Å². The average Bonchev–Trinajstić information content (AvgIpc) is 3.28. The van der Waals surface area contributed by atoms with Crippen molar-refractivity contribution in [3.05, 3.63) is 62.8 Å². The van der Waals surface area contributed by atoms with E-state index in [0.717, 1.165) is 64.5 Å². The van der Waals surface area contributed by atoms with Gasteiger partial charge in [0.05, 0.1) is 45.6 Å². The lowest BCUT2D eigenvalue weighted by Gasteiger charge is -2.31. The second-order valence-electron chi connectivity index (χ2n) is 11.7. The maximum Gasteiger partial charge on any atom is 0.337 e. The number of piperidine rings is 1. The van der Waals surface area contributed by atoms with Crippen LogP contribution in [0.2, 0.25) is 10.0 Å². The Morgan fingerprint density at radius 1 is 1.20 bits per heavy atom. The molecule has 3 heterocycles. The van der Waals surface area contributed by atoms with Gasteiger partial charge in [0.2, 0.25) is 0 Å². The van der Waals surface area contributed by atoms with Crippen LogP contribution in [0.15, 0.2) is 34.9 Å². The average molecular weight is 613 g/mol. The first-order valence-corrected chi connectivity index (χ1v) is 15.7. The van der Waals surface area contributed by atoms with Crippen LogP contribution in [0.1, 0.15) is 78.6 Å². The number of esters is 1. The van der Waals surface area contributed by atoms with Crippen LogP contribution in [0.25, 0.3) is 21.5 Å². The zero-order chi connectivity index (χ0) is 28.4. The van der Waals surface area contributed by atoms with Crippen LogP contribution in [-0.2, 0) is 16.1 Å². The largest absolute Gasteiger partial charge is 0.465 e. The van der Waals surface area contributed by atoms with Crippen molar-refractivity contribution in [2.75, 3.05) is 18.6 Å². The molecule has 0 unspecified atom stereocenters. The first-order valence-electron chi connectivity index (χ1n) is 14.2. The summed E-state index contributed by atoms with van der Waals surface area (Å²) in [6.45, 7) is 5.58. The predicted octanol–water partition coefficient (Wildman–Crippen LogP) is 8.23. The van der Waals surface area contributed by atoms with E-state index in [4.69, 9.17) is 42.2 Å². The van der Waals surface area contributed by atoms with E-state index in [2.05, 4.69) is 23.9 Å². The fourth-order valence-corrected chi connectivity index (χ4v) is 8.12. The first kappa shape index (κ1) is 27.2. The molecule has 1 saturated heterocycles. The summed E-state index contributed by atoms with van der Waals surface area (Å²) < 4.78 is 18.5. The molecule has 4 aromatic rings. The van der Waals surface area contributed by atoms with Crippen molar-refractivity contribution >= 4 is 55.9 Å². The molecule has 214 valence electrons. The minimum absolute atomic E-state index is 0.152. The molecule has 3 atom stereocenters. The number of anilines is 1. The first-order chi connectivity index (χ1) is 19.8. The van der Waals surface area contributed by atoms with Gasteiger partial charge < -0.3 is 18.9 Å². The number of carbonyl (C=O) groups excluding carboxylic acids is 1. The normalized spacial score (nSPS) is 21.9. The smallest absolute Gasteiger partial charge is 0.337 e. The van der Waals surface area contributed by atoms with Crippen molar-refractivity contribution < 1.29 is 18.8 Å². The molecule has 0 spiro atoms. The Morgan fingerprint density at radius 2 is 1.98 bits per heavy atom. The van der Waals surface area contributed by atoms with Gasteiger partial charge in [-0.05, 0) is 61.4 Å². The van der Waals surface area contributed by atoms with Gasteiger partial charge in [-0.15, -0.1) is 0 Å². The zero-order valence-corrected chi connectivity index (χ0v) is 25.5. The lowest BCUT2D eigenvalue weighted by atomic mass is 9.99. The summed E-state index contributed by atoms with van der Waals surface area (Å²) in [4.78, 5) is 19.8. The summed E-state index contributed by atoms with van der Waals surface area (Å²) in [5.74, 6) is 1.64. The van der Waals surface area contributed by atoms with E-state index in [1.54, 1.807) is 11.3 Å². The van der Waals surface area contributed by atoms with Crippen molar-refractivity contribution in [3.63, 3.8) is 0 Å². The highest BCUT2D eigenvalue weighted by Gasteiger charge is 2.46. The number of carbonyl (C=O) groups is 1. The maximum atomic E-state index is 12.3. The summed E-state index contributed by atoms with van der Waals surface area (Å²) in [6.07, 6.45) is 4.37. The van der Waals surface area contributed by atoms with E-state index < -0.39 is 0 Å². The second-order valence-corrected chi connectivity index (χ2v) is 13.5. The summed E-state index contributed by atoms with van der Waals surface area (Å²) in [6, 6.07) is 9.69. The number of rotatable bonds is 8. The molecule has 3 aliphatic rings. The van der Waals surface area contributed by atoms with E-state index >= 15 is 0 Å². The summed E-state index contributed by atoms with van der Waals surface area (Å²) in [5.41, 5.74) is 4.99. The van der Waals surface area contributed by atoms with E-state index in [9.17, 15) is 4.79 Å². The number of nitrogens with zero attached hydrogens (tertiary/aromatic N) is 3. The Labute approximate surface area is 252 Å². The van der Waals surface area contributed by atoms with Crippen LogP contribution >= 0.6 is 34.5 Å². The van der Waals surface area contributed by atoms with Gasteiger partial charge in [-0.25, -0.2) is 9.78 Å². The highest BCUT2D eigenvalue weighted by Crippen LogP contribution is 2.48. The number of fused-ring (bicyclic) bond motifs is 3. The molecule has 2 bridgehead atoms. The monoisotopic (exact) mass is 611 g/mol. The Bertz CT molecular complexity index is 1630. The van der Waals surface area contributed by atoms with Gasteiger partial charge in [0.1, 0.15) is 11.5 Å². The van der Waals surface area contributed by atoms with Crippen LogP contribution in [-0.4, -0.2) is 41.9 Å². The van der Waals surface area contributed by atoms with E-state index in [-0.39, 0.29) is 18.0 Å². The van der Waals surface area contributed by atoms with Gasteiger partial charge in [0, 0.05) is 35.5 Å². The van der Waals surface area contributed by atoms with Crippen molar-refractivity contribution in [1.29, 1.82) is 0 Å². The second kappa shape index (κ2) is 10.6. The van der Waals surface area contributed by atoms with Crippen molar-refractivity contribution in [2.24, 2.45) is 5.92 Å². The van der Waals surface area contributed by atoms with Gasteiger partial charge in [-0.1, -0.05) is 59.6 Å². The van der Waals surface area contributed by atoms with E-state index in [0.29, 0.717) is 51.4 Å². The number of methoxy groups -OCH3 is 1. The molecule has 2 aromatic carbocycles. The molecule has 1 aliphatic heterocycles. The Kier molecular flexibility index (Phi) is 7.01. The summed E-state index contributed by atoms with van der Waals surface area (Å²) >= 11 is 14.7. The highest BCUT2D eigenvalue weighted by molar-refractivity contribution is 7.22. The topological polar surface area (TPSA) is 77.7 Å². The van der Waals surface area contributed by atoms with Crippen molar-refractivity contribution in [2.45, 2.75) is 70.1 Å². The van der Waals surface area contributed by atoms with Gasteiger partial charge in [0.15, 0.2) is 5.13 Å². The number of ether oxygens (including phenoxy) is 2. The molecule has 7 rings (SSSR count). The minimum atomic E-state index is -0.318. The molecule has 10 heteroatoms. The number of halogens is 2. The van der Waals surface area contributed by atoms with E-state index in [1.807, 2.05) is 30.3 Å². The predicted molar refractivity (Wildman–Crippen MR) is 161 cm³/mol. The molecule has 41 heavy (non-hydrogen) atoms. The van der Waals surface area contributed by atoms with Crippen molar-refractivity contribution in [3.8, 4) is 11.3 Å². The van der Waals surface area contributed by atoms with Gasteiger partial charge in [-0.3, -0.25) is 0 Å². The molecule has 0 N–H and O–H groups in total. The number of thiazole rings is 1. The molecule has 3 fully saturated rings. The summed E-state index contributed by atoms with van der Waals surface area (Å²) in [7, 11) is 1.42. The SMILES string of the molecule is COC(=O)c1cc(C(C)C)c2nc(N3C[C@@H]4C[C@H]3C[C@H]4OCc3c(-c4c(Cl)cccc4Cl)noc3C3CC3)sc2c1. The molecular formula is C31H31Cl2N3O4S. The lowest BCUT2D eigenvalue weighted by Crippen LogP contribution is -2.38. The Morgan fingerprint density at radius 3 is 2.63 bits per heavy atom. The Balaban J connectivity index is 1.10. The van der Waals surface area contributed by atoms with Crippen molar-refractivity contribution in [1.82, 2.24) is 10.1 Å². The minimum Gasteiger partial charge on any atom is -0.465 e. The maximum absolute atomic E-state index is 12.3. The van der Waals surface area contributed by atoms with Crippen LogP contribution < -0.4 is 4.90 Å². The van der Waals surface area contributed by atoms with Gasteiger partial charge >= 0.3 is 5.97 Å². The van der Waals surface area contributed by atoms with Crippen LogP contribution in [0.5, 0.6) is 0 Å². The molecule has 0 radical (unpaired) electrons. The molecule has 2 aliphatic carbocycles. The van der Waals surface area contributed by atoms with Gasteiger partial charge in [-0.2, -0.15) is 0 Å². The third-order valence-electron chi connectivity index (χ3n) is 8.69. The number of hydrogen-bond donors (Lipinski definition) is 0. The Hall–Kier alpha value is -2.65. The number of aromatic nitrogens is 2. The molecule has 0 amide bonds. The van der Waals surface area contributed by atoms with Crippen LogP contribution in [0.3, 0.4) is 0 Å². The molecule has 2 saturated carbocycles. The number of hydrogen-bond acceptors (Lipinski definition) is 8. The molecule has 2 aromatic heterocycles. The standard InChI is InChI=1S/C31H31Cl2N3O4S/c1-15(2)20-10-17(30(37)38-3)11-25-27(20)34-31(41-25)36-13-18-9-19(36)12-24(18)39-14-21-28(35-40-29(21)16-7-8-16)26-22(32)5-4-6-23(26)33/h4-6,10-11,15-16,18-19,24H,7-9,12-14H2,1-3H3/t18-,19-,24+/m0/s1. The fourth-order valence-electron chi connectivity index (χ4n) is 6.43. The third-order valence-corrected chi connectivity index (χ3v) is 10.4.